The van der Waals surface area contributed by atoms with Crippen LogP contribution in [0.4, 0.5) is 5.69 Å². The molecular formula is C29H29N3O6. The Morgan fingerprint density at radius 3 is 2.29 bits per heavy atom. The molecule has 1 fully saturated rings. The van der Waals surface area contributed by atoms with Crippen LogP contribution in [0.15, 0.2) is 76.7 Å². The Balaban J connectivity index is 1.47. The molecular weight excluding hydrogens is 486 g/mol. The van der Waals surface area contributed by atoms with Gasteiger partial charge in [-0.3, -0.25) is 19.3 Å². The highest BCUT2D eigenvalue weighted by Crippen LogP contribution is 2.41. The average Bonchev–Trinajstić information content (AvgIpc) is 3.59. The maximum Gasteiger partial charge on any atom is 0.294 e. The molecule has 0 spiro atoms. The standard InChI is InChI=1S/C29H29N3O6/c33-16-15-30-28(36)21-8-6-20(7-9-21)26(34)24-25(19-4-2-1-3-5-19)32(29(37)27(24)35)22-12-10-18(11-13-22)23-14-17-38-31-23/h6-14,17,19,25,33,35H,1-5,15-16H2,(H,30,36). The maximum atomic E-state index is 13.7. The smallest absolute Gasteiger partial charge is 0.294 e. The van der Waals surface area contributed by atoms with Crippen LogP contribution in [0.1, 0.15) is 52.8 Å². The van der Waals surface area contributed by atoms with Crippen LogP contribution in [0, 0.1) is 5.92 Å². The lowest BCUT2D eigenvalue weighted by Crippen LogP contribution is -2.42. The Hall–Kier alpha value is -4.24. The number of aliphatic hydroxyl groups excluding tert-OH is 2. The fourth-order valence-corrected chi connectivity index (χ4v) is 5.40. The number of aromatic nitrogens is 1. The summed E-state index contributed by atoms with van der Waals surface area (Å²) in [6.07, 6.45) is 6.27. The minimum atomic E-state index is -0.599. The van der Waals surface area contributed by atoms with Gasteiger partial charge in [-0.1, -0.05) is 48.7 Å². The number of hydrogen-bond acceptors (Lipinski definition) is 7. The van der Waals surface area contributed by atoms with Crippen molar-refractivity contribution in [1.29, 1.82) is 0 Å². The lowest BCUT2D eigenvalue weighted by atomic mass is 9.79. The van der Waals surface area contributed by atoms with Crippen LogP contribution in [0.5, 0.6) is 0 Å². The summed E-state index contributed by atoms with van der Waals surface area (Å²) in [4.78, 5) is 40.9. The third-order valence-corrected chi connectivity index (χ3v) is 7.28. The molecule has 3 aromatic rings. The summed E-state index contributed by atoms with van der Waals surface area (Å²) in [5, 5.41) is 26.5. The molecule has 0 radical (unpaired) electrons. The van der Waals surface area contributed by atoms with Crippen LogP contribution in [0.2, 0.25) is 0 Å². The van der Waals surface area contributed by atoms with Crippen LogP contribution in [0.25, 0.3) is 11.3 Å². The van der Waals surface area contributed by atoms with Crippen molar-refractivity contribution < 1.29 is 29.1 Å². The third-order valence-electron chi connectivity index (χ3n) is 7.28. The molecule has 1 atom stereocenters. The van der Waals surface area contributed by atoms with Gasteiger partial charge >= 0.3 is 0 Å². The van der Waals surface area contributed by atoms with Gasteiger partial charge in [-0.15, -0.1) is 0 Å². The lowest BCUT2D eigenvalue weighted by Gasteiger charge is -2.35. The van der Waals surface area contributed by atoms with Crippen molar-refractivity contribution >= 4 is 23.3 Å². The summed E-state index contributed by atoms with van der Waals surface area (Å²) in [6, 6.07) is 14.5. The fraction of sp³-hybridized carbons (Fsp3) is 0.310. The molecule has 1 saturated carbocycles. The second kappa shape index (κ2) is 11.0. The van der Waals surface area contributed by atoms with Gasteiger partial charge in [0.15, 0.2) is 11.5 Å². The van der Waals surface area contributed by atoms with E-state index in [1.807, 2.05) is 12.1 Å². The van der Waals surface area contributed by atoms with Gasteiger partial charge in [-0.05, 0) is 43.0 Å². The molecule has 1 aromatic heterocycles. The summed E-state index contributed by atoms with van der Waals surface area (Å²) in [5.74, 6) is -1.91. The second-order valence-electron chi connectivity index (χ2n) is 9.60. The minimum absolute atomic E-state index is 0.0232. The van der Waals surface area contributed by atoms with Gasteiger partial charge in [0.05, 0.1) is 18.2 Å². The molecule has 2 aromatic carbocycles. The highest BCUT2D eigenvalue weighted by molar-refractivity contribution is 6.21. The molecule has 0 saturated heterocycles. The van der Waals surface area contributed by atoms with Crippen molar-refractivity contribution in [2.75, 3.05) is 18.1 Å². The number of carbonyl (C=O) groups excluding carboxylic acids is 3. The first-order valence-corrected chi connectivity index (χ1v) is 12.8. The molecule has 5 rings (SSSR count). The first-order valence-electron chi connectivity index (χ1n) is 12.8. The molecule has 1 aliphatic heterocycles. The number of benzene rings is 2. The number of carbonyl (C=O) groups is 3. The van der Waals surface area contributed by atoms with Gasteiger partial charge in [0.25, 0.3) is 11.8 Å². The van der Waals surface area contributed by atoms with Crippen LogP contribution in [0.3, 0.4) is 0 Å². The lowest BCUT2D eigenvalue weighted by molar-refractivity contribution is -0.117. The Morgan fingerprint density at radius 1 is 0.974 bits per heavy atom. The van der Waals surface area contributed by atoms with Crippen molar-refractivity contribution in [2.24, 2.45) is 5.92 Å². The quantitative estimate of drug-likeness (QED) is 0.386. The molecule has 38 heavy (non-hydrogen) atoms. The predicted molar refractivity (Wildman–Crippen MR) is 140 cm³/mol. The van der Waals surface area contributed by atoms with Gasteiger partial charge in [0.1, 0.15) is 12.0 Å². The van der Waals surface area contributed by atoms with E-state index in [-0.39, 0.29) is 36.1 Å². The summed E-state index contributed by atoms with van der Waals surface area (Å²) >= 11 is 0. The highest BCUT2D eigenvalue weighted by Gasteiger charge is 2.47. The number of Topliss-reactive ketones (excluding diaryl/α,β-unsaturated/α-hetero) is 1. The van der Waals surface area contributed by atoms with E-state index in [1.54, 1.807) is 23.1 Å². The number of aliphatic hydroxyl groups is 2. The molecule has 9 heteroatoms. The van der Waals surface area contributed by atoms with E-state index in [9.17, 15) is 19.5 Å². The summed E-state index contributed by atoms with van der Waals surface area (Å²) in [5.41, 5.74) is 2.79. The molecule has 2 aliphatic rings. The van der Waals surface area contributed by atoms with Crippen LogP contribution in [-0.2, 0) is 4.79 Å². The van der Waals surface area contributed by atoms with Gasteiger partial charge in [0.2, 0.25) is 0 Å². The van der Waals surface area contributed by atoms with Crippen molar-refractivity contribution in [3.05, 3.63) is 83.3 Å². The van der Waals surface area contributed by atoms with E-state index in [4.69, 9.17) is 9.63 Å². The largest absolute Gasteiger partial charge is 0.503 e. The SMILES string of the molecule is O=C(NCCO)c1ccc(C(=O)C2=C(O)C(=O)N(c3ccc(-c4ccon4)cc3)C2C2CCCCC2)cc1. The highest BCUT2D eigenvalue weighted by atomic mass is 16.5. The molecule has 2 amide bonds. The first kappa shape index (κ1) is 25.4. The minimum Gasteiger partial charge on any atom is -0.503 e. The van der Waals surface area contributed by atoms with Gasteiger partial charge < -0.3 is 20.1 Å². The summed E-state index contributed by atoms with van der Waals surface area (Å²) in [7, 11) is 0. The van der Waals surface area contributed by atoms with E-state index in [2.05, 4.69) is 10.5 Å². The van der Waals surface area contributed by atoms with Crippen LogP contribution in [-0.4, -0.2) is 52.2 Å². The zero-order valence-electron chi connectivity index (χ0n) is 20.8. The topological polar surface area (TPSA) is 133 Å². The zero-order chi connectivity index (χ0) is 26.6. The molecule has 3 N–H and O–H groups in total. The molecule has 2 heterocycles. The molecule has 1 aliphatic carbocycles. The number of nitrogens with zero attached hydrogens (tertiary/aromatic N) is 2. The number of anilines is 1. The molecule has 9 nitrogen and oxygen atoms in total. The monoisotopic (exact) mass is 515 g/mol. The number of nitrogens with one attached hydrogen (secondary N) is 1. The second-order valence-corrected chi connectivity index (χ2v) is 9.60. The van der Waals surface area contributed by atoms with Crippen LogP contribution >= 0.6 is 0 Å². The molecule has 1 unspecified atom stereocenters. The summed E-state index contributed by atoms with van der Waals surface area (Å²) < 4.78 is 4.92. The number of rotatable bonds is 8. The van der Waals surface area contributed by atoms with E-state index >= 15 is 0 Å². The van der Waals surface area contributed by atoms with Gasteiger partial charge in [-0.25, -0.2) is 0 Å². The van der Waals surface area contributed by atoms with Crippen molar-refractivity contribution in [1.82, 2.24) is 10.5 Å². The fourth-order valence-electron chi connectivity index (χ4n) is 5.40. The Morgan fingerprint density at radius 2 is 1.66 bits per heavy atom. The van der Waals surface area contributed by atoms with Gasteiger partial charge in [-0.2, -0.15) is 0 Å². The normalized spacial score (nSPS) is 18.2. The molecule has 0 bridgehead atoms. The number of ketones is 1. The maximum absolute atomic E-state index is 13.7. The van der Waals surface area contributed by atoms with Crippen molar-refractivity contribution in [3.8, 4) is 11.3 Å². The Kier molecular flexibility index (Phi) is 7.37. The average molecular weight is 516 g/mol. The van der Waals surface area contributed by atoms with E-state index in [1.165, 1.54) is 30.5 Å². The molecule has 196 valence electrons. The van der Waals surface area contributed by atoms with Crippen LogP contribution < -0.4 is 10.2 Å². The Bertz CT molecular complexity index is 1340. The first-order chi connectivity index (χ1) is 18.5. The van der Waals surface area contributed by atoms with E-state index in [0.29, 0.717) is 16.9 Å². The third kappa shape index (κ3) is 4.84. The number of amides is 2. The predicted octanol–water partition coefficient (Wildman–Crippen LogP) is 4.05. The zero-order valence-corrected chi connectivity index (χ0v) is 20.8. The van der Waals surface area contributed by atoms with Crippen molar-refractivity contribution in [3.63, 3.8) is 0 Å². The summed E-state index contributed by atoms with van der Waals surface area (Å²) in [6.45, 7) is -0.0490. The Labute approximate surface area is 219 Å². The van der Waals surface area contributed by atoms with Gasteiger partial charge in [0, 0.05) is 35.0 Å². The van der Waals surface area contributed by atoms with Crippen molar-refractivity contribution in [2.45, 2.75) is 38.1 Å². The van der Waals surface area contributed by atoms with E-state index in [0.717, 1.165) is 37.7 Å². The van der Waals surface area contributed by atoms with E-state index < -0.39 is 23.5 Å². The number of hydrogen-bond donors (Lipinski definition) is 3.